The maximum Gasteiger partial charge on any atom is 0.410 e. The van der Waals surface area contributed by atoms with Gasteiger partial charge in [0.25, 0.3) is 0 Å². The van der Waals surface area contributed by atoms with Crippen LogP contribution in [0.1, 0.15) is 45.3 Å². The summed E-state index contributed by atoms with van der Waals surface area (Å²) in [4.78, 5) is 22.0. The van der Waals surface area contributed by atoms with E-state index in [2.05, 4.69) is 9.97 Å². The number of rotatable bonds is 2. The third kappa shape index (κ3) is 3.47. The molecule has 2 heterocycles. The second-order valence-electron chi connectivity index (χ2n) is 7.12. The van der Waals surface area contributed by atoms with E-state index in [1.165, 1.54) is 0 Å². The highest BCUT2D eigenvalue weighted by Gasteiger charge is 2.35. The zero-order chi connectivity index (χ0) is 17.3. The van der Waals surface area contributed by atoms with Crippen molar-refractivity contribution in [3.05, 3.63) is 36.3 Å². The van der Waals surface area contributed by atoms with Crippen LogP contribution < -0.4 is 5.46 Å². The predicted octanol–water partition coefficient (Wildman–Crippen LogP) is 2.94. The zero-order valence-electron chi connectivity index (χ0n) is 14.4. The maximum atomic E-state index is 12.5. The number of amides is 1. The molecular formula is C18H22BN3O2. The lowest BCUT2D eigenvalue weighted by atomic mass is 9.93. The Bertz CT molecular complexity index is 736. The van der Waals surface area contributed by atoms with E-state index < -0.39 is 5.60 Å². The number of aromatic amines is 1. The first-order valence-electron chi connectivity index (χ1n) is 8.24. The van der Waals surface area contributed by atoms with Crippen molar-refractivity contribution in [1.82, 2.24) is 14.9 Å². The Hall–Kier alpha value is -2.24. The van der Waals surface area contributed by atoms with Gasteiger partial charge in [-0.05, 0) is 33.6 Å². The first-order valence-corrected chi connectivity index (χ1v) is 8.24. The number of aromatic nitrogens is 2. The van der Waals surface area contributed by atoms with Crippen molar-refractivity contribution in [3.8, 4) is 11.3 Å². The summed E-state index contributed by atoms with van der Waals surface area (Å²) < 4.78 is 5.55. The van der Waals surface area contributed by atoms with Crippen molar-refractivity contribution < 1.29 is 9.53 Å². The minimum absolute atomic E-state index is 0.0567. The van der Waals surface area contributed by atoms with Crippen LogP contribution in [0.25, 0.3) is 11.3 Å². The molecule has 6 heteroatoms. The first-order chi connectivity index (χ1) is 11.3. The van der Waals surface area contributed by atoms with Gasteiger partial charge in [0.05, 0.1) is 23.8 Å². The highest BCUT2D eigenvalue weighted by atomic mass is 16.6. The smallest absolute Gasteiger partial charge is 0.410 e. The number of imidazole rings is 1. The molecule has 1 atom stereocenters. The van der Waals surface area contributed by atoms with Gasteiger partial charge in [-0.3, -0.25) is 4.90 Å². The summed E-state index contributed by atoms with van der Waals surface area (Å²) in [5, 5.41) is 0. The Morgan fingerprint density at radius 1 is 1.42 bits per heavy atom. The number of nitrogens with zero attached hydrogens (tertiary/aromatic N) is 2. The summed E-state index contributed by atoms with van der Waals surface area (Å²) in [5.41, 5.74) is 2.90. The van der Waals surface area contributed by atoms with Gasteiger partial charge in [0.1, 0.15) is 13.4 Å². The van der Waals surface area contributed by atoms with Crippen LogP contribution in [-0.2, 0) is 4.74 Å². The second-order valence-corrected chi connectivity index (χ2v) is 7.12. The van der Waals surface area contributed by atoms with Crippen LogP contribution in [0.3, 0.4) is 0 Å². The van der Waals surface area contributed by atoms with Crippen LogP contribution in [0.5, 0.6) is 0 Å². The lowest BCUT2D eigenvalue weighted by Gasteiger charge is -2.28. The minimum Gasteiger partial charge on any atom is -0.444 e. The van der Waals surface area contributed by atoms with Gasteiger partial charge in [-0.15, -0.1) is 0 Å². The fourth-order valence-corrected chi connectivity index (χ4v) is 3.08. The number of hydrogen-bond donors (Lipinski definition) is 1. The number of carbonyl (C=O) groups is 1. The predicted molar refractivity (Wildman–Crippen MR) is 94.3 cm³/mol. The molecule has 24 heavy (non-hydrogen) atoms. The van der Waals surface area contributed by atoms with E-state index in [-0.39, 0.29) is 12.1 Å². The number of benzene rings is 1. The quantitative estimate of drug-likeness (QED) is 0.865. The monoisotopic (exact) mass is 323 g/mol. The number of likely N-dealkylation sites (tertiary alicyclic amines) is 1. The third-order valence-corrected chi connectivity index (χ3v) is 4.04. The molecule has 2 radical (unpaired) electrons. The topological polar surface area (TPSA) is 58.2 Å². The van der Waals surface area contributed by atoms with Gasteiger partial charge in [-0.2, -0.15) is 0 Å². The van der Waals surface area contributed by atoms with E-state index in [0.29, 0.717) is 12.0 Å². The summed E-state index contributed by atoms with van der Waals surface area (Å²) in [5.74, 6) is 0. The van der Waals surface area contributed by atoms with Crippen molar-refractivity contribution in [2.24, 2.45) is 0 Å². The van der Waals surface area contributed by atoms with Crippen LogP contribution in [0.2, 0.25) is 0 Å². The van der Waals surface area contributed by atoms with Crippen LogP contribution in [-0.4, -0.2) is 41.0 Å². The molecule has 0 saturated carbocycles. The van der Waals surface area contributed by atoms with Crippen molar-refractivity contribution in [3.63, 3.8) is 0 Å². The lowest BCUT2D eigenvalue weighted by molar-refractivity contribution is 0.0222. The zero-order valence-corrected chi connectivity index (χ0v) is 14.4. The SMILES string of the molecule is [B]c1cccc(-c2nc[nH]c2[C@@H]2CCCN2C(=O)OC(C)(C)C)c1. The largest absolute Gasteiger partial charge is 0.444 e. The molecule has 3 rings (SSSR count). The summed E-state index contributed by atoms with van der Waals surface area (Å²) in [6.07, 6.45) is 3.22. The van der Waals surface area contributed by atoms with Gasteiger partial charge >= 0.3 is 6.09 Å². The molecule has 1 saturated heterocycles. The first kappa shape index (κ1) is 16.6. The molecule has 124 valence electrons. The van der Waals surface area contributed by atoms with E-state index >= 15 is 0 Å². The molecule has 1 fully saturated rings. The third-order valence-electron chi connectivity index (χ3n) is 4.04. The van der Waals surface area contributed by atoms with Crippen molar-refractivity contribution in [2.75, 3.05) is 6.54 Å². The Kier molecular flexibility index (Phi) is 4.39. The highest BCUT2D eigenvalue weighted by molar-refractivity contribution is 6.32. The molecule has 0 spiro atoms. The van der Waals surface area contributed by atoms with Crippen LogP contribution >= 0.6 is 0 Å². The second kappa shape index (κ2) is 6.34. The normalized spacial score (nSPS) is 18.0. The van der Waals surface area contributed by atoms with Crippen LogP contribution in [0, 0.1) is 0 Å². The lowest BCUT2D eigenvalue weighted by Crippen LogP contribution is -2.36. The van der Waals surface area contributed by atoms with E-state index in [1.807, 2.05) is 45.0 Å². The van der Waals surface area contributed by atoms with Crippen molar-refractivity contribution >= 4 is 19.4 Å². The van der Waals surface area contributed by atoms with Gasteiger partial charge in [-0.1, -0.05) is 29.7 Å². The molecule has 5 nitrogen and oxygen atoms in total. The van der Waals surface area contributed by atoms with Gasteiger partial charge in [0.15, 0.2) is 0 Å². The fraction of sp³-hybridized carbons (Fsp3) is 0.444. The molecule has 2 aromatic rings. The van der Waals surface area contributed by atoms with E-state index in [9.17, 15) is 4.79 Å². The molecule has 0 aliphatic carbocycles. The number of nitrogens with one attached hydrogen (secondary N) is 1. The maximum absolute atomic E-state index is 12.5. The van der Waals surface area contributed by atoms with Crippen LogP contribution in [0.15, 0.2) is 30.6 Å². The van der Waals surface area contributed by atoms with Crippen molar-refractivity contribution in [2.45, 2.75) is 45.3 Å². The van der Waals surface area contributed by atoms with Crippen LogP contribution in [0.4, 0.5) is 4.79 Å². The standard InChI is InChI=1S/C18H22BN3O2/c1-18(2,3)24-17(23)22-9-5-8-14(22)16-15(20-11-21-16)12-6-4-7-13(19)10-12/h4,6-7,10-11,14H,5,8-9H2,1-3H3,(H,20,21)/t14-/m0/s1. The molecule has 1 aliphatic rings. The number of H-pyrrole nitrogens is 1. The van der Waals surface area contributed by atoms with E-state index in [1.54, 1.807) is 11.2 Å². The van der Waals surface area contributed by atoms with Gasteiger partial charge < -0.3 is 9.72 Å². The molecular weight excluding hydrogens is 301 g/mol. The number of carbonyl (C=O) groups excluding carboxylic acids is 1. The summed E-state index contributed by atoms with van der Waals surface area (Å²) in [6, 6.07) is 7.57. The highest BCUT2D eigenvalue weighted by Crippen LogP contribution is 2.36. The molecule has 1 aliphatic heterocycles. The fourth-order valence-electron chi connectivity index (χ4n) is 3.08. The van der Waals surface area contributed by atoms with Gasteiger partial charge in [-0.25, -0.2) is 9.78 Å². The van der Waals surface area contributed by atoms with Gasteiger partial charge in [0, 0.05) is 12.1 Å². The molecule has 1 N–H and O–H groups in total. The minimum atomic E-state index is -0.505. The van der Waals surface area contributed by atoms with E-state index in [0.717, 1.165) is 29.8 Å². The van der Waals surface area contributed by atoms with E-state index in [4.69, 9.17) is 12.6 Å². The molecule has 1 aromatic heterocycles. The molecule has 1 amide bonds. The van der Waals surface area contributed by atoms with Gasteiger partial charge in [0.2, 0.25) is 0 Å². The Balaban J connectivity index is 1.89. The Morgan fingerprint density at radius 3 is 2.92 bits per heavy atom. The summed E-state index contributed by atoms with van der Waals surface area (Å²) in [6.45, 7) is 6.33. The molecule has 1 aromatic carbocycles. The molecule has 0 bridgehead atoms. The number of ether oxygens (including phenoxy) is 1. The average molecular weight is 323 g/mol. The summed E-state index contributed by atoms with van der Waals surface area (Å²) in [7, 11) is 5.89. The average Bonchev–Trinajstić information content (AvgIpc) is 3.14. The Labute approximate surface area is 143 Å². The molecule has 0 unspecified atom stereocenters. The Morgan fingerprint density at radius 2 is 2.21 bits per heavy atom. The number of hydrogen-bond acceptors (Lipinski definition) is 3. The van der Waals surface area contributed by atoms with Crippen molar-refractivity contribution in [1.29, 1.82) is 0 Å². The summed E-state index contributed by atoms with van der Waals surface area (Å²) >= 11 is 0.